The van der Waals surface area contributed by atoms with Crippen molar-refractivity contribution in [2.24, 2.45) is 0 Å². The Bertz CT molecular complexity index is 494. The summed E-state index contributed by atoms with van der Waals surface area (Å²) in [4.78, 5) is 4.23. The first-order valence-corrected chi connectivity index (χ1v) is 5.01. The van der Waals surface area contributed by atoms with Gasteiger partial charge in [-0.25, -0.2) is 0 Å². The van der Waals surface area contributed by atoms with Gasteiger partial charge in [0, 0.05) is 12.0 Å². The molecule has 2 rings (SSSR count). The molecule has 5 nitrogen and oxygen atoms in total. The van der Waals surface area contributed by atoms with Gasteiger partial charge in [0.05, 0.1) is 12.8 Å². The van der Waals surface area contributed by atoms with Crippen LogP contribution >= 0.6 is 0 Å². The van der Waals surface area contributed by atoms with E-state index in [1.54, 1.807) is 19.2 Å². The van der Waals surface area contributed by atoms with Gasteiger partial charge in [-0.2, -0.15) is 4.98 Å². The van der Waals surface area contributed by atoms with Crippen molar-refractivity contribution in [3.63, 3.8) is 0 Å². The zero-order valence-electron chi connectivity index (χ0n) is 9.23. The van der Waals surface area contributed by atoms with Crippen LogP contribution in [0.1, 0.15) is 12.7 Å². The van der Waals surface area contributed by atoms with E-state index < -0.39 is 0 Å². The predicted octanol–water partition coefficient (Wildman–Crippen LogP) is 1.89. The summed E-state index contributed by atoms with van der Waals surface area (Å²) < 4.78 is 10.2. The van der Waals surface area contributed by atoms with Gasteiger partial charge in [-0.15, -0.1) is 0 Å². The second-order valence-electron chi connectivity index (χ2n) is 3.33. The smallest absolute Gasteiger partial charge is 0.258 e. The first-order valence-electron chi connectivity index (χ1n) is 5.01. The van der Waals surface area contributed by atoms with Gasteiger partial charge < -0.3 is 15.0 Å². The topological polar surface area (TPSA) is 74.2 Å². The fourth-order valence-electron chi connectivity index (χ4n) is 1.36. The minimum atomic E-state index is 0.482. The normalized spacial score (nSPS) is 10.4. The summed E-state index contributed by atoms with van der Waals surface area (Å²) in [5, 5.41) is 3.83. The van der Waals surface area contributed by atoms with E-state index in [2.05, 4.69) is 10.1 Å². The fraction of sp³-hybridized carbons (Fsp3) is 0.273. The Kier molecular flexibility index (Phi) is 2.76. The maximum atomic E-state index is 5.72. The number of hydrogen-bond acceptors (Lipinski definition) is 5. The summed E-state index contributed by atoms with van der Waals surface area (Å²) >= 11 is 0. The second kappa shape index (κ2) is 4.22. The number of nitrogens with two attached hydrogens (primary N) is 1. The van der Waals surface area contributed by atoms with Crippen LogP contribution in [0.3, 0.4) is 0 Å². The van der Waals surface area contributed by atoms with E-state index in [0.29, 0.717) is 23.2 Å². The number of anilines is 1. The summed E-state index contributed by atoms with van der Waals surface area (Å²) in [5.74, 6) is 1.77. The van der Waals surface area contributed by atoms with E-state index in [1.165, 1.54) is 0 Å². The van der Waals surface area contributed by atoms with Crippen molar-refractivity contribution in [2.45, 2.75) is 13.3 Å². The standard InChI is InChI=1S/C11H13N3O2/c1-3-10-13-11(16-14-10)7-4-5-8(12)9(6-7)15-2/h4-6H,3,12H2,1-2H3. The summed E-state index contributed by atoms with van der Waals surface area (Å²) in [6, 6.07) is 5.36. The molecule has 0 aliphatic rings. The molecule has 0 aliphatic heterocycles. The molecule has 1 aromatic heterocycles. The minimum absolute atomic E-state index is 0.482. The van der Waals surface area contributed by atoms with Gasteiger partial charge in [0.2, 0.25) is 0 Å². The molecule has 0 saturated heterocycles. The Morgan fingerprint density at radius 3 is 2.88 bits per heavy atom. The zero-order chi connectivity index (χ0) is 11.5. The van der Waals surface area contributed by atoms with Gasteiger partial charge in [-0.1, -0.05) is 12.1 Å². The quantitative estimate of drug-likeness (QED) is 0.798. The van der Waals surface area contributed by atoms with Crippen LogP contribution in [-0.4, -0.2) is 17.3 Å². The maximum Gasteiger partial charge on any atom is 0.258 e. The third-order valence-corrected chi connectivity index (χ3v) is 2.26. The van der Waals surface area contributed by atoms with E-state index in [1.807, 2.05) is 13.0 Å². The van der Waals surface area contributed by atoms with E-state index in [0.717, 1.165) is 12.0 Å². The fourth-order valence-corrected chi connectivity index (χ4v) is 1.36. The van der Waals surface area contributed by atoms with Gasteiger partial charge in [0.1, 0.15) is 5.75 Å². The number of rotatable bonds is 3. The highest BCUT2D eigenvalue weighted by Crippen LogP contribution is 2.27. The first kappa shape index (κ1) is 10.5. The second-order valence-corrected chi connectivity index (χ2v) is 3.33. The van der Waals surface area contributed by atoms with E-state index in [9.17, 15) is 0 Å². The molecule has 0 atom stereocenters. The highest BCUT2D eigenvalue weighted by Gasteiger charge is 2.09. The lowest BCUT2D eigenvalue weighted by atomic mass is 10.2. The number of methoxy groups -OCH3 is 1. The Morgan fingerprint density at radius 1 is 1.44 bits per heavy atom. The number of hydrogen-bond donors (Lipinski definition) is 1. The molecular weight excluding hydrogens is 206 g/mol. The predicted molar refractivity (Wildman–Crippen MR) is 60.1 cm³/mol. The van der Waals surface area contributed by atoms with Crippen molar-refractivity contribution in [1.82, 2.24) is 10.1 Å². The highest BCUT2D eigenvalue weighted by atomic mass is 16.5. The average molecular weight is 219 g/mol. The molecule has 84 valence electrons. The lowest BCUT2D eigenvalue weighted by Gasteiger charge is -2.04. The third-order valence-electron chi connectivity index (χ3n) is 2.26. The Morgan fingerprint density at radius 2 is 2.25 bits per heavy atom. The molecule has 0 aliphatic carbocycles. The average Bonchev–Trinajstić information content (AvgIpc) is 2.78. The number of nitrogen functional groups attached to an aromatic ring is 1. The molecule has 1 aromatic carbocycles. The molecule has 0 unspecified atom stereocenters. The Balaban J connectivity index is 2.40. The molecule has 0 saturated carbocycles. The van der Waals surface area contributed by atoms with Crippen LogP contribution in [0.15, 0.2) is 22.7 Å². The van der Waals surface area contributed by atoms with Crippen LogP contribution in [-0.2, 0) is 6.42 Å². The Hall–Kier alpha value is -2.04. The summed E-state index contributed by atoms with van der Waals surface area (Å²) in [6.45, 7) is 1.97. The van der Waals surface area contributed by atoms with Crippen LogP contribution in [0.25, 0.3) is 11.5 Å². The largest absolute Gasteiger partial charge is 0.495 e. The molecule has 16 heavy (non-hydrogen) atoms. The number of nitrogens with zero attached hydrogens (tertiary/aromatic N) is 2. The molecule has 0 radical (unpaired) electrons. The molecule has 0 amide bonds. The van der Waals surface area contributed by atoms with Gasteiger partial charge in [-0.05, 0) is 18.2 Å². The van der Waals surface area contributed by atoms with Crippen molar-refractivity contribution >= 4 is 5.69 Å². The van der Waals surface area contributed by atoms with Crippen molar-refractivity contribution in [3.8, 4) is 17.2 Å². The van der Waals surface area contributed by atoms with Crippen LogP contribution in [0.4, 0.5) is 5.69 Å². The van der Waals surface area contributed by atoms with Crippen LogP contribution in [0.5, 0.6) is 5.75 Å². The van der Waals surface area contributed by atoms with Crippen LogP contribution in [0, 0.1) is 0 Å². The number of aromatic nitrogens is 2. The molecular formula is C11H13N3O2. The minimum Gasteiger partial charge on any atom is -0.495 e. The monoisotopic (exact) mass is 219 g/mol. The lowest BCUT2D eigenvalue weighted by molar-refractivity contribution is 0.414. The summed E-state index contributed by atoms with van der Waals surface area (Å²) in [5.41, 5.74) is 7.11. The van der Waals surface area contributed by atoms with Crippen molar-refractivity contribution in [2.75, 3.05) is 12.8 Å². The van der Waals surface area contributed by atoms with E-state index >= 15 is 0 Å². The molecule has 0 fully saturated rings. The molecule has 5 heteroatoms. The number of benzene rings is 1. The SMILES string of the molecule is CCc1noc(-c2ccc(N)c(OC)c2)n1. The summed E-state index contributed by atoms with van der Waals surface area (Å²) in [7, 11) is 1.57. The van der Waals surface area contributed by atoms with Gasteiger partial charge in [0.15, 0.2) is 5.82 Å². The van der Waals surface area contributed by atoms with E-state index in [4.69, 9.17) is 15.0 Å². The van der Waals surface area contributed by atoms with Gasteiger partial charge in [-0.3, -0.25) is 0 Å². The number of aryl methyl sites for hydroxylation is 1. The van der Waals surface area contributed by atoms with Gasteiger partial charge >= 0.3 is 0 Å². The van der Waals surface area contributed by atoms with Crippen molar-refractivity contribution in [3.05, 3.63) is 24.0 Å². The maximum absolute atomic E-state index is 5.72. The van der Waals surface area contributed by atoms with Crippen molar-refractivity contribution in [1.29, 1.82) is 0 Å². The van der Waals surface area contributed by atoms with Crippen LogP contribution in [0.2, 0.25) is 0 Å². The highest BCUT2D eigenvalue weighted by molar-refractivity contribution is 5.64. The molecule has 2 N–H and O–H groups in total. The zero-order valence-corrected chi connectivity index (χ0v) is 9.23. The Labute approximate surface area is 93.2 Å². The van der Waals surface area contributed by atoms with Crippen LogP contribution < -0.4 is 10.5 Å². The molecule has 2 aromatic rings. The third kappa shape index (κ3) is 1.84. The van der Waals surface area contributed by atoms with Crippen molar-refractivity contribution < 1.29 is 9.26 Å². The lowest BCUT2D eigenvalue weighted by Crippen LogP contribution is -1.92. The molecule has 0 spiro atoms. The van der Waals surface area contributed by atoms with E-state index in [-0.39, 0.29) is 0 Å². The molecule has 1 heterocycles. The summed E-state index contributed by atoms with van der Waals surface area (Å²) in [6.07, 6.45) is 0.746. The number of ether oxygens (including phenoxy) is 1. The van der Waals surface area contributed by atoms with Gasteiger partial charge in [0.25, 0.3) is 5.89 Å². The first-order chi connectivity index (χ1) is 7.74. The molecule has 0 bridgehead atoms.